The summed E-state index contributed by atoms with van der Waals surface area (Å²) in [5.41, 5.74) is 5.34. The zero-order chi connectivity index (χ0) is 85.8. The van der Waals surface area contributed by atoms with Crippen molar-refractivity contribution in [2.24, 2.45) is 23.7 Å². The highest BCUT2D eigenvalue weighted by Gasteiger charge is 2.45. The van der Waals surface area contributed by atoms with E-state index in [1.165, 1.54) is 30.5 Å². The van der Waals surface area contributed by atoms with Gasteiger partial charge in [0, 0.05) is 74.9 Å². The number of ketones is 4. The average Bonchev–Trinajstić information content (AvgIpc) is 0.788. The van der Waals surface area contributed by atoms with Crippen molar-refractivity contribution in [1.82, 2.24) is 46.5 Å². The van der Waals surface area contributed by atoms with Crippen LogP contribution < -0.4 is 43.2 Å². The molecule has 47 nitrogen and oxygen atoms in total. The third-order valence-corrected chi connectivity index (χ3v) is 17.5. The Bertz CT molecular complexity index is 3800. The van der Waals surface area contributed by atoms with Gasteiger partial charge in [0.05, 0.1) is 111 Å². The number of aliphatic hydroxyl groups excluding tert-OH is 16. The number of Topliss-reactive ketones (excluding diaryl/α,β-unsaturated/α-hetero) is 4. The summed E-state index contributed by atoms with van der Waals surface area (Å²) in [4.78, 5) is 218. The largest absolute Gasteiger partial charge is 0.481 e. The van der Waals surface area contributed by atoms with Gasteiger partial charge in [-0.2, -0.15) is 27.2 Å². The molecule has 0 saturated carbocycles. The number of benzene rings is 1. The van der Waals surface area contributed by atoms with Crippen LogP contribution in [-0.2, 0) is 73.7 Å². The van der Waals surface area contributed by atoms with Crippen LogP contribution in [0.25, 0.3) is 11.2 Å². The van der Waals surface area contributed by atoms with Crippen LogP contribution in [0.1, 0.15) is 93.1 Å². The van der Waals surface area contributed by atoms with Gasteiger partial charge in [-0.15, -0.1) is 0 Å². The number of nitrogen functional groups attached to an aromatic ring is 1. The zero-order valence-electron chi connectivity index (χ0n) is 59.7. The third kappa shape index (κ3) is 32.2. The predicted molar refractivity (Wildman–Crippen MR) is 375 cm³/mol. The summed E-state index contributed by atoms with van der Waals surface area (Å²) >= 11 is 3.93. The molecule has 3 rings (SSSR count). The topological polar surface area (TPSA) is 830 Å². The summed E-state index contributed by atoms with van der Waals surface area (Å²) in [5, 5.41) is 220. The number of amides is 5. The number of fused-ring (bicyclic) bond motifs is 1. The molecule has 0 aliphatic heterocycles. The molecule has 5 amide bonds. The second-order valence-electron chi connectivity index (χ2n) is 25.5. The molecule has 0 spiro atoms. The van der Waals surface area contributed by atoms with Gasteiger partial charge in [-0.3, -0.25) is 67.3 Å². The summed E-state index contributed by atoms with van der Waals surface area (Å²) in [6.45, 7) is -5.55. The Balaban J connectivity index is 0.0000142. The number of carbonyl (C=O) groups excluding carboxylic acids is 11. The molecule has 0 aliphatic carbocycles. The molecular weight excluding hydrogens is 1540 g/mol. The Hall–Kier alpha value is -9.96. The molecule has 0 fully saturated rings. The average molecular weight is 1640 g/mol. The van der Waals surface area contributed by atoms with Gasteiger partial charge in [0.15, 0.2) is 28.5 Å². The lowest BCUT2D eigenvalue weighted by Crippen LogP contribution is -2.55. The van der Waals surface area contributed by atoms with Crippen molar-refractivity contribution in [3.8, 4) is 0 Å². The molecule has 1 aromatic carbocycles. The number of nitrogens with one attached hydrogen (secondary N) is 7. The highest BCUT2D eigenvalue weighted by atomic mass is 32.1. The van der Waals surface area contributed by atoms with E-state index in [1.54, 1.807) is 0 Å². The van der Waals surface area contributed by atoms with Crippen LogP contribution in [0.4, 0.5) is 11.6 Å². The quantitative estimate of drug-likeness (QED) is 0.0233. The Morgan fingerprint density at radius 1 is 0.478 bits per heavy atom. The smallest absolute Gasteiger partial charge is 0.373 e. The Kier molecular flexibility index (Phi) is 43.4. The Morgan fingerprint density at radius 3 is 1.18 bits per heavy atom. The van der Waals surface area contributed by atoms with E-state index in [0.29, 0.717) is 5.69 Å². The van der Waals surface area contributed by atoms with Gasteiger partial charge in [-0.05, 0) is 49.9 Å². The van der Waals surface area contributed by atoms with E-state index >= 15 is 0 Å². The summed E-state index contributed by atoms with van der Waals surface area (Å²) in [7, 11) is 0. The van der Waals surface area contributed by atoms with Crippen molar-refractivity contribution in [2.45, 2.75) is 181 Å². The number of rotatable bonds is 54. The van der Waals surface area contributed by atoms with Crippen LogP contribution in [0.15, 0.2) is 35.3 Å². The van der Waals surface area contributed by atoms with Gasteiger partial charge in [-0.1, -0.05) is 0 Å². The molecule has 630 valence electrons. The third-order valence-electron chi connectivity index (χ3n) is 17.3. The van der Waals surface area contributed by atoms with Crippen molar-refractivity contribution in [3.05, 3.63) is 52.1 Å². The number of thiol groups is 1. The van der Waals surface area contributed by atoms with Crippen molar-refractivity contribution >= 4 is 118 Å². The molecular formula is C65H93N11O36S. The number of anilines is 2. The Labute approximate surface area is 643 Å². The second-order valence-corrected chi connectivity index (χ2v) is 25.9. The van der Waals surface area contributed by atoms with Crippen molar-refractivity contribution in [2.75, 3.05) is 49.8 Å². The summed E-state index contributed by atoms with van der Waals surface area (Å²) in [6, 6.07) is -3.37. The first-order valence-electron chi connectivity index (χ1n) is 34.1. The molecule has 0 unspecified atom stereocenters. The molecule has 29 N–H and O–H groups in total. The first kappa shape index (κ1) is 99.1. The highest BCUT2D eigenvalue weighted by Crippen LogP contribution is 2.26. The number of hydrogen-bond acceptors (Lipinski definition) is 38. The molecule has 48 heteroatoms. The minimum atomic E-state index is -2.83. The summed E-state index contributed by atoms with van der Waals surface area (Å²) in [5.74, 6) is -29.8. The fourth-order valence-electron chi connectivity index (χ4n) is 10.9. The van der Waals surface area contributed by atoms with Crippen molar-refractivity contribution < 1.29 is 174 Å². The molecule has 2 heterocycles. The van der Waals surface area contributed by atoms with Crippen LogP contribution in [0.3, 0.4) is 0 Å². The van der Waals surface area contributed by atoms with E-state index in [4.69, 9.17) is 15.3 Å². The number of aliphatic carboxylic acids is 4. The van der Waals surface area contributed by atoms with Crippen LogP contribution >= 0.6 is 12.6 Å². The van der Waals surface area contributed by atoms with Crippen molar-refractivity contribution in [3.63, 3.8) is 0 Å². The van der Waals surface area contributed by atoms with Crippen molar-refractivity contribution in [1.29, 1.82) is 0 Å². The number of carbonyl (C=O) groups is 13. The number of aromatic amines is 1. The number of hydrogen-bond donors (Lipinski definition) is 29. The number of H-pyrrole nitrogens is 1. The minimum absolute atomic E-state index is 0.00414. The van der Waals surface area contributed by atoms with E-state index in [-0.39, 0.29) is 53.4 Å². The van der Waals surface area contributed by atoms with Crippen LogP contribution in [0.2, 0.25) is 0 Å². The normalized spacial score (nSPS) is 16.7. The summed E-state index contributed by atoms with van der Waals surface area (Å²) in [6.07, 6.45) is -42.2. The summed E-state index contributed by atoms with van der Waals surface area (Å²) < 4.78 is 0. The molecule has 0 saturated heterocycles. The first-order valence-corrected chi connectivity index (χ1v) is 34.7. The zero-order valence-corrected chi connectivity index (χ0v) is 60.6. The predicted octanol–water partition coefficient (Wildman–Crippen LogP) is -12.0. The number of nitrogens with zero attached hydrogens (tertiary/aromatic N) is 3. The molecule has 113 heavy (non-hydrogen) atoms. The maximum atomic E-state index is 14.6. The van der Waals surface area contributed by atoms with E-state index in [0.717, 1.165) is 0 Å². The maximum absolute atomic E-state index is 14.6. The minimum Gasteiger partial charge on any atom is -0.481 e. The fraction of sp³-hybridized carbons (Fsp3) is 0.600. The van der Waals surface area contributed by atoms with Crippen LogP contribution in [0, 0.1) is 23.7 Å². The maximum Gasteiger partial charge on any atom is 0.373 e. The molecule has 3 aromatic rings. The fourth-order valence-corrected chi connectivity index (χ4v) is 11.0. The second kappa shape index (κ2) is 49.5. The molecule has 0 radical (unpaired) electrons. The van der Waals surface area contributed by atoms with Crippen LogP contribution in [0.5, 0.6) is 0 Å². The van der Waals surface area contributed by atoms with Gasteiger partial charge < -0.3 is 140 Å². The molecule has 0 aliphatic rings. The van der Waals surface area contributed by atoms with Gasteiger partial charge in [0.2, 0.25) is 29.6 Å². The van der Waals surface area contributed by atoms with E-state index in [9.17, 15) is 169 Å². The number of nitrogens with two attached hydrogens (primary N) is 1. The number of carboxylic acid groups (broad SMARTS) is 4. The SMILES string of the molecule is Nc1nc2ncc(CNc3ccc(C(=O)N[C@@H](CCC(=O)C[C@@H](C(=O)N[C@@H](CCC(=O)O)C(=O)C[C@@H](C(=O)N[C@@H](CCC(=O)O)C(=O)C[C@@H](C(=O)N[C@@H](CCC(=O)O)C(=O)C[C@@H](C(=O)NCCS)[C@@H](O)[C@H](O)[C@H](O)CO)[C@@H](O)[C@H](O)[C@H](O)CO)[C@@H](O)[C@H](O)[C@H](O)CO)[C@@H](O)[C@H](O)[C@H](O)CO)C(=O)O)cc3)nc2c(=O)[nH]1.O=C=O. The van der Waals surface area contributed by atoms with Gasteiger partial charge >= 0.3 is 30.0 Å². The van der Waals surface area contributed by atoms with Gasteiger partial charge in [0.25, 0.3) is 11.5 Å². The lowest BCUT2D eigenvalue weighted by atomic mass is 9.84. The lowest BCUT2D eigenvalue weighted by Gasteiger charge is -2.32. The first-order chi connectivity index (χ1) is 53.1. The molecule has 20 atom stereocenters. The van der Waals surface area contributed by atoms with Gasteiger partial charge in [0.1, 0.15) is 60.7 Å². The van der Waals surface area contributed by atoms with Crippen LogP contribution in [-0.4, -0.2) is 341 Å². The number of aromatic nitrogens is 4. The lowest BCUT2D eigenvalue weighted by molar-refractivity contribution is -0.192. The highest BCUT2D eigenvalue weighted by molar-refractivity contribution is 7.80. The van der Waals surface area contributed by atoms with E-state index < -0.39 is 307 Å². The molecule has 2 aromatic heterocycles. The Morgan fingerprint density at radius 2 is 0.832 bits per heavy atom. The number of aliphatic hydroxyl groups is 16. The molecule has 0 bridgehead atoms. The van der Waals surface area contributed by atoms with Gasteiger partial charge in [-0.25, -0.2) is 14.8 Å². The number of carboxylic acids is 4. The van der Waals surface area contributed by atoms with E-state index in [2.05, 4.69) is 48.5 Å². The monoisotopic (exact) mass is 1640 g/mol. The standard InChI is InChI=1S/C64H93N11O34S.CO2/c65-64-74-56-47(62(107)75-64)69-27(20-68-56)19-67-26-3-1-25(2-4-26)57(102)73-36(63(108)109)6-5-28(80)15-29(48(94)52(98)40(84)21-76)59(104)70-34(8-11-45(90)91)38(82)17-31(50(96)54(100)42(86)23-78)61(106)72-35(9-12-46(92)93)39(83)18-32(51(97)55(101)43(87)24-79)60(105)71-33(7-10-44(88)89)37(81)16-30(58(103)66-13-14-110)49(95)53(99)41(85)22-77;2-1-3/h1-4,20,29-36,40-43,48-55,67,76-79,84-87,94-101,110H,5-19,21-24H2,(H,66,103)(H,70,104)(H,71,105)(H,72,106)(H,73,102)(H,88,89)(H,90,91)(H,92,93)(H,108,109)(H3,65,68,74,75,107);/t29-,30-,31-,32-,33+,34+,35+,36+,40-,41-,42-,43-,48-,49-,50-,51-,52-,53-,54-,55-;/m1./s1. The van der Waals surface area contributed by atoms with E-state index in [1.807, 2.05) is 16.0 Å².